The van der Waals surface area contributed by atoms with E-state index in [0.29, 0.717) is 6.54 Å². The van der Waals surface area contributed by atoms with Crippen molar-refractivity contribution in [2.45, 2.75) is 25.5 Å². The van der Waals surface area contributed by atoms with E-state index in [9.17, 15) is 5.11 Å². The Hall–Kier alpha value is -0.620. The second-order valence-corrected chi connectivity index (χ2v) is 5.16. The summed E-state index contributed by atoms with van der Waals surface area (Å²) in [6.07, 6.45) is 0.353. The Kier molecular flexibility index (Phi) is 7.27. The van der Waals surface area contributed by atoms with Gasteiger partial charge in [-0.1, -0.05) is 22.9 Å². The van der Waals surface area contributed by atoms with Gasteiger partial charge in [-0.2, -0.15) is 0 Å². The Morgan fingerprint density at radius 3 is 2.56 bits per heavy atom. The fourth-order valence-electron chi connectivity index (χ4n) is 1.51. The minimum absolute atomic E-state index is 0.136. The van der Waals surface area contributed by atoms with E-state index >= 15 is 0 Å². The molecule has 5 heteroatoms. The van der Waals surface area contributed by atoms with Crippen molar-refractivity contribution in [1.29, 1.82) is 0 Å². The predicted octanol–water partition coefficient (Wildman–Crippen LogP) is 0.523. The van der Waals surface area contributed by atoms with Crippen molar-refractivity contribution in [3.05, 3.63) is 28.7 Å². The minimum Gasteiger partial charge on any atom is -0.491 e. The lowest BCUT2D eigenvalue weighted by Gasteiger charge is -2.15. The van der Waals surface area contributed by atoms with Gasteiger partial charge in [0.25, 0.3) is 0 Å². The summed E-state index contributed by atoms with van der Waals surface area (Å²) in [5.74, 6) is 0.742. The van der Waals surface area contributed by atoms with Gasteiger partial charge < -0.3 is 20.3 Å². The van der Waals surface area contributed by atoms with Gasteiger partial charge in [-0.15, -0.1) is 0 Å². The van der Waals surface area contributed by atoms with Crippen LogP contribution < -0.4 is 10.1 Å². The summed E-state index contributed by atoms with van der Waals surface area (Å²) < 4.78 is 6.47. The van der Waals surface area contributed by atoms with Crippen LogP contribution in [0.15, 0.2) is 28.7 Å². The standard InChI is InChI=1S/C13H20BrNO3/c1-2-11(8-16)15-7-12(17)9-18-13-5-3-10(14)4-6-13/h3-6,11-12,15-17H,2,7-9H2,1H3/p+1/t11-,12-/m1/s1. The van der Waals surface area contributed by atoms with Gasteiger partial charge in [0.2, 0.25) is 0 Å². The summed E-state index contributed by atoms with van der Waals surface area (Å²) in [4.78, 5) is 0. The van der Waals surface area contributed by atoms with Gasteiger partial charge in [-0.05, 0) is 30.7 Å². The molecular formula is C13H21BrNO3+. The molecule has 0 radical (unpaired) electrons. The number of halogens is 1. The third-order valence-electron chi connectivity index (χ3n) is 2.76. The second-order valence-electron chi connectivity index (χ2n) is 4.24. The summed E-state index contributed by atoms with van der Waals surface area (Å²) >= 11 is 3.35. The van der Waals surface area contributed by atoms with Crippen LogP contribution in [0.25, 0.3) is 0 Å². The van der Waals surface area contributed by atoms with Crippen LogP contribution in [0.2, 0.25) is 0 Å². The van der Waals surface area contributed by atoms with E-state index in [1.807, 2.05) is 36.5 Å². The van der Waals surface area contributed by atoms with Gasteiger partial charge in [-0.25, -0.2) is 0 Å². The van der Waals surface area contributed by atoms with Gasteiger partial charge in [0, 0.05) is 4.47 Å². The van der Waals surface area contributed by atoms with Crippen molar-refractivity contribution in [2.75, 3.05) is 19.8 Å². The molecule has 18 heavy (non-hydrogen) atoms. The molecule has 0 aliphatic heterocycles. The Morgan fingerprint density at radius 1 is 1.33 bits per heavy atom. The Morgan fingerprint density at radius 2 is 2.00 bits per heavy atom. The molecule has 0 amide bonds. The lowest BCUT2D eigenvalue weighted by atomic mass is 10.2. The van der Waals surface area contributed by atoms with E-state index in [4.69, 9.17) is 9.84 Å². The first kappa shape index (κ1) is 15.4. The van der Waals surface area contributed by atoms with Crippen LogP contribution in [0.3, 0.4) is 0 Å². The van der Waals surface area contributed by atoms with Crippen LogP contribution in [0, 0.1) is 0 Å². The quantitative estimate of drug-likeness (QED) is 0.655. The van der Waals surface area contributed by atoms with Crippen molar-refractivity contribution in [3.63, 3.8) is 0 Å². The fourth-order valence-corrected chi connectivity index (χ4v) is 1.78. The first-order chi connectivity index (χ1) is 8.65. The molecule has 0 saturated carbocycles. The van der Waals surface area contributed by atoms with E-state index < -0.39 is 6.10 Å². The molecule has 4 nitrogen and oxygen atoms in total. The number of quaternary nitrogens is 1. The van der Waals surface area contributed by atoms with E-state index in [1.165, 1.54) is 0 Å². The molecule has 0 aliphatic rings. The molecule has 102 valence electrons. The number of ether oxygens (including phenoxy) is 1. The molecule has 0 aliphatic carbocycles. The van der Waals surface area contributed by atoms with Crippen molar-refractivity contribution < 1.29 is 20.3 Å². The van der Waals surface area contributed by atoms with E-state index in [-0.39, 0.29) is 19.3 Å². The monoisotopic (exact) mass is 318 g/mol. The third kappa shape index (κ3) is 5.82. The highest BCUT2D eigenvalue weighted by Crippen LogP contribution is 2.15. The van der Waals surface area contributed by atoms with Crippen molar-refractivity contribution >= 4 is 15.9 Å². The highest BCUT2D eigenvalue weighted by molar-refractivity contribution is 9.10. The average molecular weight is 319 g/mol. The summed E-state index contributed by atoms with van der Waals surface area (Å²) in [5.41, 5.74) is 0. The van der Waals surface area contributed by atoms with Crippen molar-refractivity contribution in [3.8, 4) is 5.75 Å². The minimum atomic E-state index is -0.533. The molecule has 0 unspecified atom stereocenters. The van der Waals surface area contributed by atoms with Gasteiger partial charge >= 0.3 is 0 Å². The molecule has 0 fully saturated rings. The SMILES string of the molecule is CC[C@H](CO)[NH2+]C[C@@H](O)COc1ccc(Br)cc1. The normalized spacial score (nSPS) is 14.2. The predicted molar refractivity (Wildman–Crippen MR) is 73.6 cm³/mol. The first-order valence-electron chi connectivity index (χ1n) is 6.16. The van der Waals surface area contributed by atoms with E-state index in [2.05, 4.69) is 15.9 Å². The number of benzene rings is 1. The van der Waals surface area contributed by atoms with E-state index in [1.54, 1.807) is 0 Å². The van der Waals surface area contributed by atoms with Gasteiger partial charge in [0.15, 0.2) is 0 Å². The zero-order valence-electron chi connectivity index (χ0n) is 10.6. The van der Waals surface area contributed by atoms with Crippen LogP contribution in [0.4, 0.5) is 0 Å². The number of rotatable bonds is 8. The number of hydrogen-bond donors (Lipinski definition) is 3. The van der Waals surface area contributed by atoms with Crippen molar-refractivity contribution in [1.82, 2.24) is 0 Å². The smallest absolute Gasteiger partial charge is 0.137 e. The number of hydrogen-bond acceptors (Lipinski definition) is 3. The largest absolute Gasteiger partial charge is 0.491 e. The molecule has 1 rings (SSSR count). The molecule has 2 atom stereocenters. The molecule has 1 aromatic carbocycles. The first-order valence-corrected chi connectivity index (χ1v) is 6.95. The molecule has 0 spiro atoms. The Balaban J connectivity index is 2.24. The molecule has 0 bridgehead atoms. The highest BCUT2D eigenvalue weighted by atomic mass is 79.9. The molecule has 0 saturated heterocycles. The maximum absolute atomic E-state index is 9.76. The third-order valence-corrected chi connectivity index (χ3v) is 3.29. The summed E-state index contributed by atoms with van der Waals surface area (Å²) in [6.45, 7) is 2.95. The maximum Gasteiger partial charge on any atom is 0.137 e. The molecule has 4 N–H and O–H groups in total. The summed E-state index contributed by atoms with van der Waals surface area (Å²) in [6, 6.07) is 7.65. The Bertz CT molecular complexity index is 328. The summed E-state index contributed by atoms with van der Waals surface area (Å²) in [7, 11) is 0. The van der Waals surface area contributed by atoms with Crippen LogP contribution >= 0.6 is 15.9 Å². The van der Waals surface area contributed by atoms with Crippen molar-refractivity contribution in [2.24, 2.45) is 0 Å². The number of aliphatic hydroxyl groups is 2. The van der Waals surface area contributed by atoms with Crippen LogP contribution in [-0.2, 0) is 0 Å². The van der Waals surface area contributed by atoms with Crippen LogP contribution in [0.5, 0.6) is 5.75 Å². The van der Waals surface area contributed by atoms with Gasteiger partial charge in [-0.3, -0.25) is 0 Å². The van der Waals surface area contributed by atoms with Gasteiger partial charge in [0.05, 0.1) is 6.61 Å². The topological polar surface area (TPSA) is 66.3 Å². The molecule has 1 aromatic rings. The van der Waals surface area contributed by atoms with Crippen LogP contribution in [0.1, 0.15) is 13.3 Å². The molecule has 0 aromatic heterocycles. The number of aliphatic hydroxyl groups excluding tert-OH is 2. The maximum atomic E-state index is 9.76. The fraction of sp³-hybridized carbons (Fsp3) is 0.538. The zero-order chi connectivity index (χ0) is 13.4. The number of nitrogens with two attached hydrogens (primary N) is 1. The molecule has 0 heterocycles. The average Bonchev–Trinajstić information content (AvgIpc) is 2.39. The lowest BCUT2D eigenvalue weighted by Crippen LogP contribution is -2.92. The Labute approximate surface area is 116 Å². The van der Waals surface area contributed by atoms with Crippen LogP contribution in [-0.4, -0.2) is 42.1 Å². The zero-order valence-corrected chi connectivity index (χ0v) is 12.1. The van der Waals surface area contributed by atoms with Gasteiger partial charge in [0.1, 0.15) is 31.0 Å². The molecular weight excluding hydrogens is 298 g/mol. The summed E-state index contributed by atoms with van der Waals surface area (Å²) in [5, 5.41) is 20.7. The second kappa shape index (κ2) is 8.48. The lowest BCUT2D eigenvalue weighted by molar-refractivity contribution is -0.696. The van der Waals surface area contributed by atoms with E-state index in [0.717, 1.165) is 16.6 Å². The highest BCUT2D eigenvalue weighted by Gasteiger charge is 2.12.